The molecule has 128 valence electrons. The van der Waals surface area contributed by atoms with Gasteiger partial charge in [0, 0.05) is 32.2 Å². The molecule has 6 heteroatoms. The summed E-state index contributed by atoms with van der Waals surface area (Å²) in [5.41, 5.74) is 6.66. The van der Waals surface area contributed by atoms with Crippen LogP contribution < -0.4 is 11.1 Å². The maximum atomic E-state index is 12.4. The second kappa shape index (κ2) is 7.59. The molecule has 2 aromatic rings. The van der Waals surface area contributed by atoms with Gasteiger partial charge in [-0.15, -0.1) is 0 Å². The van der Waals surface area contributed by atoms with Crippen LogP contribution in [0.25, 0.3) is 0 Å². The maximum absolute atomic E-state index is 12.4. The van der Waals surface area contributed by atoms with Crippen molar-refractivity contribution in [3.05, 3.63) is 54.1 Å². The summed E-state index contributed by atoms with van der Waals surface area (Å²) in [7, 11) is 0. The van der Waals surface area contributed by atoms with Gasteiger partial charge < -0.3 is 20.4 Å². The molecule has 0 radical (unpaired) electrons. The monoisotopic (exact) mass is 328 g/mol. The molecular formula is C18H24N4O2. The summed E-state index contributed by atoms with van der Waals surface area (Å²) in [6, 6.07) is 10.3. The van der Waals surface area contributed by atoms with Crippen molar-refractivity contribution in [2.75, 3.05) is 13.2 Å². The van der Waals surface area contributed by atoms with Crippen LogP contribution in [0.4, 0.5) is 0 Å². The van der Waals surface area contributed by atoms with Gasteiger partial charge in [-0.05, 0) is 24.8 Å². The maximum Gasteiger partial charge on any atom is 0.240 e. The standard InChI is InChI=1S/C18H24N4O2/c19-18(7-12-24-13-8-18)17(23)21-14-16-20-9-11-22(16)10-6-15-4-2-1-3-5-15/h1-5,9,11H,6-8,10,12-14,19H2,(H,21,23). The highest BCUT2D eigenvalue weighted by molar-refractivity contribution is 5.86. The van der Waals surface area contributed by atoms with Crippen LogP contribution in [-0.2, 0) is 29.0 Å². The van der Waals surface area contributed by atoms with Crippen LogP contribution in [0.3, 0.4) is 0 Å². The smallest absolute Gasteiger partial charge is 0.240 e. The highest BCUT2D eigenvalue weighted by atomic mass is 16.5. The summed E-state index contributed by atoms with van der Waals surface area (Å²) in [5.74, 6) is 0.721. The van der Waals surface area contributed by atoms with E-state index in [1.54, 1.807) is 6.20 Å². The Morgan fingerprint density at radius 1 is 1.29 bits per heavy atom. The molecule has 0 unspecified atom stereocenters. The molecule has 1 fully saturated rings. The minimum atomic E-state index is -0.820. The van der Waals surface area contributed by atoms with Crippen LogP contribution in [0, 0.1) is 0 Å². The molecule has 0 aliphatic carbocycles. The first-order valence-electron chi connectivity index (χ1n) is 8.36. The number of aromatic nitrogens is 2. The number of amides is 1. The van der Waals surface area contributed by atoms with E-state index in [4.69, 9.17) is 10.5 Å². The highest BCUT2D eigenvalue weighted by Gasteiger charge is 2.35. The third-order valence-electron chi connectivity index (χ3n) is 4.53. The number of nitrogens with zero attached hydrogens (tertiary/aromatic N) is 2. The Hall–Kier alpha value is -2.18. The summed E-state index contributed by atoms with van der Waals surface area (Å²) in [6.07, 6.45) is 5.75. The van der Waals surface area contributed by atoms with Gasteiger partial charge >= 0.3 is 0 Å². The van der Waals surface area contributed by atoms with Gasteiger partial charge in [-0.1, -0.05) is 30.3 Å². The van der Waals surface area contributed by atoms with E-state index >= 15 is 0 Å². The Morgan fingerprint density at radius 2 is 2.04 bits per heavy atom. The third kappa shape index (κ3) is 4.01. The lowest BCUT2D eigenvalue weighted by Gasteiger charge is -2.31. The van der Waals surface area contributed by atoms with Crippen LogP contribution in [0.2, 0.25) is 0 Å². The summed E-state index contributed by atoms with van der Waals surface area (Å²) in [4.78, 5) is 16.7. The lowest BCUT2D eigenvalue weighted by molar-refractivity contribution is -0.129. The zero-order chi connectivity index (χ0) is 16.8. The van der Waals surface area contributed by atoms with E-state index in [2.05, 4.69) is 27.0 Å². The Labute approximate surface area is 142 Å². The third-order valence-corrected chi connectivity index (χ3v) is 4.53. The molecule has 1 amide bonds. The van der Waals surface area contributed by atoms with E-state index in [-0.39, 0.29) is 5.91 Å². The number of benzene rings is 1. The molecule has 1 saturated heterocycles. The number of hydrogen-bond donors (Lipinski definition) is 2. The van der Waals surface area contributed by atoms with Crippen LogP contribution >= 0.6 is 0 Å². The average molecular weight is 328 g/mol. The molecule has 24 heavy (non-hydrogen) atoms. The van der Waals surface area contributed by atoms with Crippen LogP contribution in [-0.4, -0.2) is 34.2 Å². The minimum absolute atomic E-state index is 0.122. The molecule has 1 aromatic heterocycles. The predicted molar refractivity (Wildman–Crippen MR) is 91.2 cm³/mol. The van der Waals surface area contributed by atoms with Gasteiger partial charge in [0.15, 0.2) is 0 Å². The SMILES string of the molecule is NC1(C(=O)NCc2nccn2CCc2ccccc2)CCOCC1. The van der Waals surface area contributed by atoms with Crippen molar-refractivity contribution in [1.29, 1.82) is 0 Å². The fraction of sp³-hybridized carbons (Fsp3) is 0.444. The van der Waals surface area contributed by atoms with Gasteiger partial charge in [-0.25, -0.2) is 4.98 Å². The van der Waals surface area contributed by atoms with Crippen LogP contribution in [0.1, 0.15) is 24.2 Å². The van der Waals surface area contributed by atoms with Gasteiger partial charge in [0.2, 0.25) is 5.91 Å². The number of carbonyl (C=O) groups excluding carboxylic acids is 1. The lowest BCUT2D eigenvalue weighted by Crippen LogP contribution is -2.56. The number of rotatable bonds is 6. The number of imidazole rings is 1. The van der Waals surface area contributed by atoms with Crippen LogP contribution in [0.15, 0.2) is 42.7 Å². The first kappa shape index (κ1) is 16.7. The van der Waals surface area contributed by atoms with Gasteiger partial charge in [0.1, 0.15) is 5.82 Å². The molecule has 1 aliphatic heterocycles. The molecule has 0 saturated carbocycles. The van der Waals surface area contributed by atoms with E-state index in [1.807, 2.05) is 24.4 Å². The predicted octanol–water partition coefficient (Wildman–Crippen LogP) is 1.25. The van der Waals surface area contributed by atoms with E-state index in [0.717, 1.165) is 18.8 Å². The van der Waals surface area contributed by atoms with Gasteiger partial charge in [0.25, 0.3) is 0 Å². The number of carbonyl (C=O) groups is 1. The van der Waals surface area contributed by atoms with Crippen molar-refractivity contribution in [1.82, 2.24) is 14.9 Å². The molecule has 2 heterocycles. The van der Waals surface area contributed by atoms with Gasteiger partial charge in [-0.3, -0.25) is 4.79 Å². The first-order chi connectivity index (χ1) is 11.7. The molecule has 1 aliphatic rings. The molecule has 1 aromatic carbocycles. The van der Waals surface area contributed by atoms with Crippen molar-refractivity contribution in [3.8, 4) is 0 Å². The number of hydrogen-bond acceptors (Lipinski definition) is 4. The Kier molecular flexibility index (Phi) is 5.27. The van der Waals surface area contributed by atoms with Crippen molar-refractivity contribution < 1.29 is 9.53 Å². The molecule has 0 spiro atoms. The normalized spacial score (nSPS) is 16.7. The van der Waals surface area contributed by atoms with Crippen LogP contribution in [0.5, 0.6) is 0 Å². The second-order valence-electron chi connectivity index (χ2n) is 6.22. The lowest BCUT2D eigenvalue weighted by atomic mass is 9.90. The van der Waals surface area contributed by atoms with Crippen molar-refractivity contribution in [3.63, 3.8) is 0 Å². The summed E-state index contributed by atoms with van der Waals surface area (Å²) >= 11 is 0. The summed E-state index contributed by atoms with van der Waals surface area (Å²) in [5, 5.41) is 2.93. The highest BCUT2D eigenvalue weighted by Crippen LogP contribution is 2.17. The summed E-state index contributed by atoms with van der Waals surface area (Å²) < 4.78 is 7.35. The van der Waals surface area contributed by atoms with E-state index in [0.29, 0.717) is 32.6 Å². The quantitative estimate of drug-likeness (QED) is 0.836. The Morgan fingerprint density at radius 3 is 2.79 bits per heavy atom. The largest absolute Gasteiger partial charge is 0.381 e. The number of ether oxygens (including phenoxy) is 1. The second-order valence-corrected chi connectivity index (χ2v) is 6.22. The van der Waals surface area contributed by atoms with Gasteiger partial charge in [0.05, 0.1) is 12.1 Å². The van der Waals surface area contributed by atoms with Crippen molar-refractivity contribution in [2.24, 2.45) is 5.73 Å². The molecule has 3 N–H and O–H groups in total. The van der Waals surface area contributed by atoms with E-state index in [9.17, 15) is 4.79 Å². The van der Waals surface area contributed by atoms with Crippen molar-refractivity contribution >= 4 is 5.91 Å². The molecule has 0 bridgehead atoms. The summed E-state index contributed by atoms with van der Waals surface area (Å²) in [6.45, 7) is 2.29. The number of nitrogens with one attached hydrogen (secondary N) is 1. The molecular weight excluding hydrogens is 304 g/mol. The average Bonchev–Trinajstić information content (AvgIpc) is 3.07. The molecule has 3 rings (SSSR count). The van der Waals surface area contributed by atoms with E-state index < -0.39 is 5.54 Å². The number of nitrogens with two attached hydrogens (primary N) is 1. The number of aryl methyl sites for hydroxylation is 2. The van der Waals surface area contributed by atoms with E-state index in [1.165, 1.54) is 5.56 Å². The Bertz CT molecular complexity index is 663. The minimum Gasteiger partial charge on any atom is -0.381 e. The van der Waals surface area contributed by atoms with Gasteiger partial charge in [-0.2, -0.15) is 0 Å². The first-order valence-corrected chi connectivity index (χ1v) is 8.36. The fourth-order valence-electron chi connectivity index (χ4n) is 2.90. The molecule has 6 nitrogen and oxygen atoms in total. The Balaban J connectivity index is 1.54. The fourth-order valence-corrected chi connectivity index (χ4v) is 2.90. The van der Waals surface area contributed by atoms with Crippen molar-refractivity contribution in [2.45, 2.75) is 37.9 Å². The zero-order valence-electron chi connectivity index (χ0n) is 13.8. The zero-order valence-corrected chi connectivity index (χ0v) is 13.8. The molecule has 0 atom stereocenters. The topological polar surface area (TPSA) is 82.2 Å².